The topological polar surface area (TPSA) is 38.7 Å². The Labute approximate surface area is 266 Å². The van der Waals surface area contributed by atoms with Crippen molar-refractivity contribution in [1.29, 1.82) is 0 Å². The van der Waals surface area contributed by atoms with Crippen molar-refractivity contribution in [2.45, 2.75) is 0 Å². The van der Waals surface area contributed by atoms with Crippen molar-refractivity contribution in [1.82, 2.24) is 15.0 Å². The zero-order valence-corrected chi connectivity index (χ0v) is 25.9. The third kappa shape index (κ3) is 4.55. The van der Waals surface area contributed by atoms with Gasteiger partial charge in [-0.25, -0.2) is 0 Å². The molecule has 0 aliphatic heterocycles. The van der Waals surface area contributed by atoms with Crippen LogP contribution in [0.2, 0.25) is 0 Å². The normalized spacial score (nSPS) is 11.6. The fourth-order valence-corrected chi connectivity index (χ4v) is 9.03. The van der Waals surface area contributed by atoms with Gasteiger partial charge in [-0.05, 0) is 0 Å². The first-order valence-electron chi connectivity index (χ1n) is 15.0. The number of hydrogen-bond acceptors (Lipinski definition) is 3. The quantitative estimate of drug-likeness (QED) is 0.142. The summed E-state index contributed by atoms with van der Waals surface area (Å²) in [5.41, 5.74) is 5.25. The molecule has 0 saturated heterocycles. The van der Waals surface area contributed by atoms with E-state index in [1.54, 1.807) is 0 Å². The average Bonchev–Trinajstić information content (AvgIpc) is 3.50. The Balaban J connectivity index is 1.23. The molecule has 0 fully saturated rings. The number of rotatable bonds is 4. The van der Waals surface area contributed by atoms with Gasteiger partial charge in [-0.1, -0.05) is 6.07 Å². The van der Waals surface area contributed by atoms with Gasteiger partial charge in [0.1, 0.15) is 0 Å². The summed E-state index contributed by atoms with van der Waals surface area (Å²) in [6.45, 7) is 0. The van der Waals surface area contributed by atoms with Crippen molar-refractivity contribution < 1.29 is 0 Å². The molecule has 2 aromatic heterocycles. The van der Waals surface area contributed by atoms with Crippen LogP contribution in [-0.4, -0.2) is 29.5 Å². The summed E-state index contributed by atoms with van der Waals surface area (Å²) in [6, 6.07) is 53.6. The van der Waals surface area contributed by atoms with Gasteiger partial charge in [0.15, 0.2) is 0 Å². The molecule has 0 amide bonds. The molecule has 45 heavy (non-hydrogen) atoms. The molecule has 0 N–H and O–H groups in total. The first kappa shape index (κ1) is 26.0. The molecule has 9 aromatic rings. The third-order valence-corrected chi connectivity index (χ3v) is 11.0. The first-order valence-corrected chi connectivity index (χ1v) is 16.7. The van der Waals surface area contributed by atoms with Crippen molar-refractivity contribution in [3.05, 3.63) is 152 Å². The second kappa shape index (κ2) is 10.6. The van der Waals surface area contributed by atoms with Gasteiger partial charge in [-0.15, -0.1) is 0 Å². The van der Waals surface area contributed by atoms with Gasteiger partial charge in [0.2, 0.25) is 0 Å². The van der Waals surface area contributed by atoms with Crippen molar-refractivity contribution in [2.24, 2.45) is 0 Å². The summed E-state index contributed by atoms with van der Waals surface area (Å²) < 4.78 is 2.83. The zero-order chi connectivity index (χ0) is 29.7. The third-order valence-electron chi connectivity index (χ3n) is 8.50. The van der Waals surface area contributed by atoms with E-state index in [1.807, 2.05) is 24.3 Å². The molecule has 0 spiro atoms. The van der Waals surface area contributed by atoms with Crippen LogP contribution in [0.4, 0.5) is 0 Å². The Kier molecular flexibility index (Phi) is 6.15. The predicted octanol–water partition coefficient (Wildman–Crippen LogP) is 10.2. The van der Waals surface area contributed by atoms with Crippen LogP contribution in [0, 0.1) is 0 Å². The molecule has 0 aliphatic rings. The molecule has 4 heteroatoms. The van der Waals surface area contributed by atoms with E-state index in [-0.39, 0.29) is 14.5 Å². The molecule has 0 radical (unpaired) electrons. The maximum absolute atomic E-state index is 5.08. The fraction of sp³-hybridized carbons (Fsp3) is 0. The summed E-state index contributed by atoms with van der Waals surface area (Å²) in [6.07, 6.45) is 0. The molecule has 0 bridgehead atoms. The maximum atomic E-state index is 5.08. The van der Waals surface area contributed by atoms with Crippen LogP contribution in [0.5, 0.6) is 0 Å². The predicted molar refractivity (Wildman–Crippen MR) is 189 cm³/mol. The van der Waals surface area contributed by atoms with Crippen molar-refractivity contribution in [3.63, 3.8) is 0 Å². The standard InChI is InChI=1S/C41H25N3Se/c1-3-10-26(11-4-1)30-15-9-16-31(24-30)40-42-39(29-13-5-2-6-14-29)43-41(44-40)32-21-22-34-35-23-20-28-19-18-27-12-7-8-17-33(27)37(28)38(35)45-36(34)25-32/h1-25H. The first-order chi connectivity index (χ1) is 22.3. The Bertz CT molecular complexity index is 2540. The molecule has 210 valence electrons. The Morgan fingerprint density at radius 2 is 0.933 bits per heavy atom. The van der Waals surface area contributed by atoms with E-state index in [9.17, 15) is 0 Å². The molecule has 0 saturated carbocycles. The van der Waals surface area contributed by atoms with Crippen LogP contribution in [0.25, 0.3) is 86.1 Å². The number of aromatic nitrogens is 3. The van der Waals surface area contributed by atoms with E-state index in [0.29, 0.717) is 17.5 Å². The average molecular weight is 639 g/mol. The van der Waals surface area contributed by atoms with Crippen LogP contribution in [0.3, 0.4) is 0 Å². The van der Waals surface area contributed by atoms with Crippen LogP contribution < -0.4 is 0 Å². The monoisotopic (exact) mass is 639 g/mol. The van der Waals surface area contributed by atoms with Gasteiger partial charge in [0, 0.05) is 0 Å². The van der Waals surface area contributed by atoms with E-state index in [1.165, 1.54) is 40.8 Å². The molecule has 0 atom stereocenters. The zero-order valence-electron chi connectivity index (χ0n) is 24.2. The summed E-state index contributed by atoms with van der Waals surface area (Å²) in [5.74, 6) is 2.03. The Morgan fingerprint density at radius 1 is 0.356 bits per heavy atom. The Hall–Kier alpha value is -5.41. The van der Waals surface area contributed by atoms with Crippen molar-refractivity contribution in [3.8, 4) is 45.3 Å². The van der Waals surface area contributed by atoms with E-state index in [4.69, 9.17) is 15.0 Å². The van der Waals surface area contributed by atoms with Crippen LogP contribution >= 0.6 is 0 Å². The SMILES string of the molecule is c1ccc(-c2cccc(-c3nc(-c4ccccc4)nc(-c4ccc5c(c4)[se]c4c5ccc5ccc6ccccc6c54)n3)c2)cc1. The summed E-state index contributed by atoms with van der Waals surface area (Å²) >= 11 is 0.159. The number of benzene rings is 7. The van der Waals surface area contributed by atoms with Crippen LogP contribution in [0.15, 0.2) is 152 Å². The summed E-state index contributed by atoms with van der Waals surface area (Å²) in [7, 11) is 0. The van der Waals surface area contributed by atoms with E-state index >= 15 is 0 Å². The molecule has 2 heterocycles. The van der Waals surface area contributed by atoms with Gasteiger partial charge >= 0.3 is 261 Å². The molecule has 7 aromatic carbocycles. The van der Waals surface area contributed by atoms with E-state index < -0.39 is 0 Å². The van der Waals surface area contributed by atoms with Gasteiger partial charge < -0.3 is 0 Å². The van der Waals surface area contributed by atoms with Crippen molar-refractivity contribution in [2.75, 3.05) is 0 Å². The molecular weight excluding hydrogens is 613 g/mol. The van der Waals surface area contributed by atoms with Gasteiger partial charge in [-0.2, -0.15) is 0 Å². The van der Waals surface area contributed by atoms with Gasteiger partial charge in [-0.3, -0.25) is 0 Å². The number of hydrogen-bond donors (Lipinski definition) is 0. The molecule has 0 aliphatic carbocycles. The summed E-state index contributed by atoms with van der Waals surface area (Å²) in [5, 5.41) is 7.96. The Morgan fingerprint density at radius 3 is 1.73 bits per heavy atom. The number of nitrogens with zero attached hydrogens (tertiary/aromatic N) is 3. The molecular formula is C41H25N3Se. The van der Waals surface area contributed by atoms with Crippen LogP contribution in [-0.2, 0) is 0 Å². The second-order valence-corrected chi connectivity index (χ2v) is 13.5. The van der Waals surface area contributed by atoms with Gasteiger partial charge in [0.05, 0.1) is 0 Å². The minimum absolute atomic E-state index is 0.159. The molecule has 9 rings (SSSR count). The summed E-state index contributed by atoms with van der Waals surface area (Å²) in [4.78, 5) is 15.1. The molecule has 0 unspecified atom stereocenters. The van der Waals surface area contributed by atoms with Crippen molar-refractivity contribution >= 4 is 55.3 Å². The number of fused-ring (bicyclic) bond motifs is 7. The van der Waals surface area contributed by atoms with Gasteiger partial charge in [0.25, 0.3) is 0 Å². The van der Waals surface area contributed by atoms with Crippen LogP contribution in [0.1, 0.15) is 0 Å². The van der Waals surface area contributed by atoms with E-state index in [0.717, 1.165) is 27.8 Å². The molecule has 3 nitrogen and oxygen atoms in total. The fourth-order valence-electron chi connectivity index (χ4n) is 6.28. The minimum atomic E-state index is 0.159. The van der Waals surface area contributed by atoms with E-state index in [2.05, 4.69) is 127 Å². The second-order valence-electron chi connectivity index (χ2n) is 11.3.